The fourth-order valence-corrected chi connectivity index (χ4v) is 4.45. The zero-order valence-electron chi connectivity index (χ0n) is 14.1. The van der Waals surface area contributed by atoms with Crippen molar-refractivity contribution in [3.63, 3.8) is 0 Å². The Morgan fingerprint density at radius 3 is 2.46 bits per heavy atom. The van der Waals surface area contributed by atoms with Crippen molar-refractivity contribution < 1.29 is 0 Å². The van der Waals surface area contributed by atoms with Gasteiger partial charge in [0.25, 0.3) is 0 Å². The molecule has 0 radical (unpaired) electrons. The first-order valence-electron chi connectivity index (χ1n) is 9.10. The van der Waals surface area contributed by atoms with Crippen molar-refractivity contribution in [1.29, 1.82) is 0 Å². The zero-order valence-corrected chi connectivity index (χ0v) is 14.8. The number of hydrogen-bond acceptors (Lipinski definition) is 2. The Kier molecular flexibility index (Phi) is 4.88. The molecule has 2 nitrogen and oxygen atoms in total. The summed E-state index contributed by atoms with van der Waals surface area (Å²) in [5.41, 5.74) is 2.77. The summed E-state index contributed by atoms with van der Waals surface area (Å²) in [5, 5.41) is 0.819. The van der Waals surface area contributed by atoms with Crippen LogP contribution in [0.3, 0.4) is 0 Å². The van der Waals surface area contributed by atoms with Gasteiger partial charge in [0.15, 0.2) is 0 Å². The first-order valence-corrected chi connectivity index (χ1v) is 9.48. The van der Waals surface area contributed by atoms with Crippen molar-refractivity contribution in [3.8, 4) is 0 Å². The Morgan fingerprint density at radius 2 is 1.67 bits per heavy atom. The Hall–Kier alpha value is -1.35. The summed E-state index contributed by atoms with van der Waals surface area (Å²) < 4.78 is 0. The second-order valence-electron chi connectivity index (χ2n) is 7.06. The molecule has 0 spiro atoms. The number of nitrogens with zero attached hydrogens (tertiary/aromatic N) is 2. The van der Waals surface area contributed by atoms with Gasteiger partial charge in [-0.2, -0.15) is 0 Å². The maximum Gasteiger partial charge on any atom is 0.0891 e. The van der Waals surface area contributed by atoms with Gasteiger partial charge in [-0.3, -0.25) is 9.80 Å². The van der Waals surface area contributed by atoms with E-state index in [9.17, 15) is 0 Å². The summed E-state index contributed by atoms with van der Waals surface area (Å²) in [5.74, 6) is 0. The molecule has 2 atom stereocenters. The lowest BCUT2D eigenvalue weighted by molar-refractivity contribution is -0.0566. The standard InChI is InChI=1S/C21H25ClN2/c22-19-11-9-18(10-12-19)21-23(16-17-6-2-1-3-7-17)15-13-20-8-4-5-14-24(20)21/h1-3,6-7,9-12,20-21H,4-5,8,13-16H2/t20-,21-/m1/s1. The summed E-state index contributed by atoms with van der Waals surface area (Å²) in [6.45, 7) is 3.39. The summed E-state index contributed by atoms with van der Waals surface area (Å²) >= 11 is 6.13. The summed E-state index contributed by atoms with van der Waals surface area (Å²) in [6, 6.07) is 20.1. The molecule has 24 heavy (non-hydrogen) atoms. The second-order valence-corrected chi connectivity index (χ2v) is 7.49. The van der Waals surface area contributed by atoms with E-state index >= 15 is 0 Å². The van der Waals surface area contributed by atoms with Crippen molar-refractivity contribution in [1.82, 2.24) is 9.80 Å². The van der Waals surface area contributed by atoms with E-state index in [4.69, 9.17) is 11.6 Å². The molecule has 0 saturated carbocycles. The topological polar surface area (TPSA) is 6.48 Å². The van der Waals surface area contributed by atoms with Crippen LogP contribution in [0.15, 0.2) is 54.6 Å². The van der Waals surface area contributed by atoms with E-state index in [1.807, 2.05) is 12.1 Å². The molecule has 3 heteroatoms. The Balaban J connectivity index is 1.64. The Bertz CT molecular complexity index is 655. The molecular formula is C21H25ClN2. The average Bonchev–Trinajstić information content (AvgIpc) is 2.63. The molecule has 0 N–H and O–H groups in total. The van der Waals surface area contributed by atoms with Gasteiger partial charge in [0.1, 0.15) is 0 Å². The minimum atomic E-state index is 0.376. The van der Waals surface area contributed by atoms with Gasteiger partial charge in [-0.15, -0.1) is 0 Å². The van der Waals surface area contributed by atoms with Gasteiger partial charge in [0.05, 0.1) is 6.17 Å². The minimum Gasteiger partial charge on any atom is -0.281 e. The van der Waals surface area contributed by atoms with Crippen molar-refractivity contribution in [3.05, 3.63) is 70.7 Å². The molecule has 2 aromatic carbocycles. The SMILES string of the molecule is Clc1ccc([C@@H]2N(Cc3ccccc3)CC[C@H]3CCCCN32)cc1. The van der Waals surface area contributed by atoms with Gasteiger partial charge in [-0.25, -0.2) is 0 Å². The van der Waals surface area contributed by atoms with E-state index in [0.29, 0.717) is 6.17 Å². The molecule has 2 saturated heterocycles. The molecule has 0 aliphatic carbocycles. The number of benzene rings is 2. The molecule has 0 bridgehead atoms. The average molecular weight is 341 g/mol. The normalized spacial score (nSPS) is 25.4. The molecule has 4 rings (SSSR count). The lowest BCUT2D eigenvalue weighted by Gasteiger charge is -2.50. The molecule has 2 aromatic rings. The molecule has 2 fully saturated rings. The summed E-state index contributed by atoms with van der Waals surface area (Å²) in [4.78, 5) is 5.37. The van der Waals surface area contributed by atoms with Crippen LogP contribution >= 0.6 is 11.6 Å². The van der Waals surface area contributed by atoms with Gasteiger partial charge in [0.2, 0.25) is 0 Å². The fraction of sp³-hybridized carbons (Fsp3) is 0.429. The minimum absolute atomic E-state index is 0.376. The number of halogens is 1. The van der Waals surface area contributed by atoms with Crippen molar-refractivity contribution >= 4 is 11.6 Å². The third kappa shape index (κ3) is 3.37. The highest BCUT2D eigenvalue weighted by molar-refractivity contribution is 6.30. The van der Waals surface area contributed by atoms with Crippen molar-refractivity contribution in [2.24, 2.45) is 0 Å². The third-order valence-corrected chi connectivity index (χ3v) is 5.73. The molecule has 0 aromatic heterocycles. The number of piperidine rings is 1. The Labute approximate surface area is 150 Å². The van der Waals surface area contributed by atoms with Gasteiger partial charge >= 0.3 is 0 Å². The zero-order chi connectivity index (χ0) is 16.4. The summed E-state index contributed by atoms with van der Waals surface area (Å²) in [6.07, 6.45) is 5.72. The van der Waals surface area contributed by atoms with Gasteiger partial charge in [0, 0.05) is 30.7 Å². The second kappa shape index (κ2) is 7.26. The molecule has 126 valence electrons. The van der Waals surface area contributed by atoms with E-state index in [1.165, 1.54) is 49.9 Å². The van der Waals surface area contributed by atoms with Gasteiger partial charge < -0.3 is 0 Å². The maximum atomic E-state index is 6.13. The van der Waals surface area contributed by atoms with Gasteiger partial charge in [-0.1, -0.05) is 60.5 Å². The van der Waals surface area contributed by atoms with Crippen LogP contribution in [0.5, 0.6) is 0 Å². The lowest BCUT2D eigenvalue weighted by atomic mass is 9.93. The highest BCUT2D eigenvalue weighted by Crippen LogP contribution is 2.37. The van der Waals surface area contributed by atoms with Crippen LogP contribution in [-0.2, 0) is 6.54 Å². The summed E-state index contributed by atoms with van der Waals surface area (Å²) in [7, 11) is 0. The first kappa shape index (κ1) is 16.1. The van der Waals surface area contributed by atoms with Gasteiger partial charge in [-0.05, 0) is 42.5 Å². The number of hydrogen-bond donors (Lipinski definition) is 0. The monoisotopic (exact) mass is 340 g/mol. The molecular weight excluding hydrogens is 316 g/mol. The van der Waals surface area contributed by atoms with Crippen LogP contribution in [0, 0.1) is 0 Å². The van der Waals surface area contributed by atoms with E-state index in [1.54, 1.807) is 0 Å². The molecule has 2 aliphatic rings. The van der Waals surface area contributed by atoms with E-state index in [-0.39, 0.29) is 0 Å². The van der Waals surface area contributed by atoms with E-state index in [0.717, 1.165) is 17.6 Å². The smallest absolute Gasteiger partial charge is 0.0891 e. The van der Waals surface area contributed by atoms with Crippen LogP contribution in [0.25, 0.3) is 0 Å². The molecule has 2 heterocycles. The third-order valence-electron chi connectivity index (χ3n) is 5.48. The predicted octanol–water partition coefficient (Wildman–Crippen LogP) is 5.10. The lowest BCUT2D eigenvalue weighted by Crippen LogP contribution is -2.54. The Morgan fingerprint density at radius 1 is 0.875 bits per heavy atom. The maximum absolute atomic E-state index is 6.13. The van der Waals surface area contributed by atoms with Crippen molar-refractivity contribution in [2.45, 2.75) is 44.4 Å². The number of rotatable bonds is 3. The fourth-order valence-electron chi connectivity index (χ4n) is 4.32. The van der Waals surface area contributed by atoms with E-state index < -0.39 is 0 Å². The van der Waals surface area contributed by atoms with Crippen LogP contribution < -0.4 is 0 Å². The van der Waals surface area contributed by atoms with Crippen LogP contribution in [0.4, 0.5) is 0 Å². The van der Waals surface area contributed by atoms with E-state index in [2.05, 4.69) is 52.3 Å². The molecule has 0 amide bonds. The van der Waals surface area contributed by atoms with Crippen LogP contribution in [0.2, 0.25) is 5.02 Å². The first-order chi connectivity index (χ1) is 11.8. The predicted molar refractivity (Wildman–Crippen MR) is 100 cm³/mol. The highest BCUT2D eigenvalue weighted by Gasteiger charge is 2.37. The molecule has 0 unspecified atom stereocenters. The quantitative estimate of drug-likeness (QED) is 0.767. The van der Waals surface area contributed by atoms with Crippen LogP contribution in [-0.4, -0.2) is 28.9 Å². The number of fused-ring (bicyclic) bond motifs is 1. The molecule has 2 aliphatic heterocycles. The highest BCUT2D eigenvalue weighted by atomic mass is 35.5. The largest absolute Gasteiger partial charge is 0.281 e. The van der Waals surface area contributed by atoms with Crippen LogP contribution in [0.1, 0.15) is 43.0 Å². The van der Waals surface area contributed by atoms with Crippen molar-refractivity contribution in [2.75, 3.05) is 13.1 Å².